The zero-order valence-electron chi connectivity index (χ0n) is 25.2. The first-order valence-corrected chi connectivity index (χ1v) is 15.2. The summed E-state index contributed by atoms with van der Waals surface area (Å²) in [4.78, 5) is 53.5. The molecule has 0 radical (unpaired) electrons. The van der Waals surface area contributed by atoms with E-state index in [0.717, 1.165) is 44.6 Å². The standard InChI is InChI=1S/C34H42O8/c1-17(2)26-28(38)24(18(3)35)30(40)34(42)31(41)27-29(39)25-21(15-32(27,4)16-33(26,34)5)19(12-14-23(25)37)11-13-22(36)20-9-7-6-8-10-20/h12,14,17,20,26,37,39-40,42H,6-11,13,15-16H2,1-5H3/t26?,32-,33-,34+/m1/s1. The molecule has 0 bridgehead atoms. The number of phenols is 1. The lowest BCUT2D eigenvalue weighted by Gasteiger charge is -2.59. The average molecular weight is 579 g/mol. The maximum absolute atomic E-state index is 14.4. The summed E-state index contributed by atoms with van der Waals surface area (Å²) in [7, 11) is 0. The maximum atomic E-state index is 14.4. The summed E-state index contributed by atoms with van der Waals surface area (Å²) < 4.78 is 0. The van der Waals surface area contributed by atoms with Crippen molar-refractivity contribution in [2.45, 2.75) is 98.0 Å². The number of carbonyl (C=O) groups excluding carboxylic acids is 4. The molecule has 8 heteroatoms. The summed E-state index contributed by atoms with van der Waals surface area (Å²) in [5.41, 5.74) is -4.44. The number of hydrogen-bond donors (Lipinski definition) is 4. The van der Waals surface area contributed by atoms with Crippen LogP contribution in [0.15, 0.2) is 29.0 Å². The van der Waals surface area contributed by atoms with Crippen LogP contribution < -0.4 is 0 Å². The molecule has 8 nitrogen and oxygen atoms in total. The molecule has 5 rings (SSSR count). The number of aliphatic hydroxyl groups is 3. The van der Waals surface area contributed by atoms with Crippen LogP contribution in [0.4, 0.5) is 0 Å². The van der Waals surface area contributed by atoms with E-state index in [1.54, 1.807) is 33.8 Å². The van der Waals surface area contributed by atoms with Crippen LogP contribution in [-0.2, 0) is 32.0 Å². The topological polar surface area (TPSA) is 149 Å². The highest BCUT2D eigenvalue weighted by Gasteiger charge is 2.72. The van der Waals surface area contributed by atoms with Crippen LogP contribution in [0, 0.1) is 28.6 Å². The van der Waals surface area contributed by atoms with Gasteiger partial charge in [-0.15, -0.1) is 0 Å². The van der Waals surface area contributed by atoms with Crippen molar-refractivity contribution in [2.75, 3.05) is 0 Å². The normalized spacial score (nSPS) is 31.6. The van der Waals surface area contributed by atoms with Crippen LogP contribution in [0.25, 0.3) is 5.76 Å². The molecule has 0 saturated heterocycles. The number of benzene rings is 1. The first-order chi connectivity index (χ1) is 19.6. The van der Waals surface area contributed by atoms with E-state index >= 15 is 0 Å². The molecule has 4 aliphatic rings. The van der Waals surface area contributed by atoms with Gasteiger partial charge in [-0.3, -0.25) is 19.2 Å². The monoisotopic (exact) mass is 578 g/mol. The molecule has 0 spiro atoms. The van der Waals surface area contributed by atoms with Crippen molar-refractivity contribution < 1.29 is 39.6 Å². The van der Waals surface area contributed by atoms with Gasteiger partial charge < -0.3 is 20.4 Å². The zero-order chi connectivity index (χ0) is 30.9. The lowest BCUT2D eigenvalue weighted by molar-refractivity contribution is -0.178. The Labute approximate surface area is 246 Å². The number of aromatic hydroxyl groups is 1. The minimum absolute atomic E-state index is 0.0427. The predicted molar refractivity (Wildman–Crippen MR) is 156 cm³/mol. The van der Waals surface area contributed by atoms with Crippen LogP contribution >= 0.6 is 0 Å². The van der Waals surface area contributed by atoms with E-state index in [4.69, 9.17) is 0 Å². The van der Waals surface area contributed by atoms with Gasteiger partial charge in [-0.25, -0.2) is 0 Å². The summed E-state index contributed by atoms with van der Waals surface area (Å²) in [5.74, 6) is -5.10. The number of Topliss-reactive ketones (excluding diaryl/α,β-unsaturated/α-hetero) is 4. The Hall–Kier alpha value is -3.26. The van der Waals surface area contributed by atoms with Gasteiger partial charge in [0.2, 0.25) is 5.78 Å². The van der Waals surface area contributed by atoms with Gasteiger partial charge in [0.1, 0.15) is 28.6 Å². The third kappa shape index (κ3) is 4.12. The van der Waals surface area contributed by atoms with Crippen molar-refractivity contribution in [3.8, 4) is 5.75 Å². The molecule has 2 saturated carbocycles. The van der Waals surface area contributed by atoms with Crippen LogP contribution in [0.2, 0.25) is 0 Å². The maximum Gasteiger partial charge on any atom is 0.203 e. The van der Waals surface area contributed by atoms with Gasteiger partial charge in [-0.2, -0.15) is 0 Å². The largest absolute Gasteiger partial charge is 0.508 e. The van der Waals surface area contributed by atoms with Gasteiger partial charge in [0, 0.05) is 34.7 Å². The van der Waals surface area contributed by atoms with E-state index in [1.807, 2.05) is 0 Å². The van der Waals surface area contributed by atoms with Crippen molar-refractivity contribution in [3.63, 3.8) is 0 Å². The second kappa shape index (κ2) is 10.2. The molecule has 4 aliphatic carbocycles. The molecule has 0 aliphatic heterocycles. The predicted octanol–water partition coefficient (Wildman–Crippen LogP) is 5.27. The van der Waals surface area contributed by atoms with Crippen LogP contribution in [0.1, 0.15) is 96.3 Å². The summed E-state index contributed by atoms with van der Waals surface area (Å²) >= 11 is 0. The molecule has 42 heavy (non-hydrogen) atoms. The SMILES string of the molecule is CC(=O)C1=C(O)[C@]2(O)C(=O)C3=C(O)c4c(O)ccc(CCC(=O)C5CCCCC5)c4C[C@]3(C)C[C@]2(C)C(C(C)C)C1=O. The average Bonchev–Trinajstić information content (AvgIpc) is 2.90. The lowest BCUT2D eigenvalue weighted by atomic mass is 9.43. The smallest absolute Gasteiger partial charge is 0.203 e. The van der Waals surface area contributed by atoms with Crippen LogP contribution in [-0.4, -0.2) is 49.2 Å². The first kappa shape index (κ1) is 30.2. The number of fused-ring (bicyclic) bond motifs is 3. The first-order valence-electron chi connectivity index (χ1n) is 15.2. The summed E-state index contributed by atoms with van der Waals surface area (Å²) in [5, 5.41) is 45.9. The Balaban J connectivity index is 1.64. The molecular formula is C34H42O8. The second-order valence-corrected chi connectivity index (χ2v) is 13.9. The highest BCUT2D eigenvalue weighted by molar-refractivity contribution is 6.24. The molecular weight excluding hydrogens is 536 g/mol. The fourth-order valence-corrected chi connectivity index (χ4v) is 8.90. The number of carbonyl (C=O) groups is 4. The molecule has 4 N–H and O–H groups in total. The number of aliphatic hydroxyl groups excluding tert-OH is 2. The number of phenolic OH excluding ortho intramolecular Hbond substituents is 1. The number of allylic oxidation sites excluding steroid dienone is 1. The molecule has 226 valence electrons. The Bertz CT molecular complexity index is 1460. The lowest BCUT2D eigenvalue weighted by Crippen LogP contribution is -2.69. The molecule has 1 unspecified atom stereocenters. The van der Waals surface area contributed by atoms with Crippen molar-refractivity contribution in [2.24, 2.45) is 28.6 Å². The Morgan fingerprint density at radius 2 is 1.67 bits per heavy atom. The highest BCUT2D eigenvalue weighted by atomic mass is 16.3. The third-order valence-corrected chi connectivity index (χ3v) is 10.7. The van der Waals surface area contributed by atoms with Crippen molar-refractivity contribution >= 4 is 28.9 Å². The minimum Gasteiger partial charge on any atom is -0.508 e. The Morgan fingerprint density at radius 3 is 2.26 bits per heavy atom. The fourth-order valence-electron chi connectivity index (χ4n) is 8.90. The van der Waals surface area contributed by atoms with E-state index in [2.05, 4.69) is 0 Å². The number of aryl methyl sites for hydroxylation is 1. The van der Waals surface area contributed by atoms with Crippen molar-refractivity contribution in [3.05, 3.63) is 45.7 Å². The van der Waals surface area contributed by atoms with E-state index < -0.39 is 56.8 Å². The second-order valence-electron chi connectivity index (χ2n) is 13.9. The molecule has 0 amide bonds. The van der Waals surface area contributed by atoms with Crippen molar-refractivity contribution in [1.82, 2.24) is 0 Å². The third-order valence-electron chi connectivity index (χ3n) is 10.7. The summed E-state index contributed by atoms with van der Waals surface area (Å²) in [6.07, 6.45) is 6.09. The van der Waals surface area contributed by atoms with Crippen molar-refractivity contribution in [1.29, 1.82) is 0 Å². The fraction of sp³-hybridized carbons (Fsp3) is 0.588. The minimum atomic E-state index is -2.63. The number of ketones is 4. The molecule has 2 fully saturated rings. The Morgan fingerprint density at radius 1 is 1.02 bits per heavy atom. The van der Waals surface area contributed by atoms with E-state index in [-0.39, 0.29) is 47.3 Å². The van der Waals surface area contributed by atoms with Gasteiger partial charge in [0.25, 0.3) is 0 Å². The van der Waals surface area contributed by atoms with Crippen LogP contribution in [0.3, 0.4) is 0 Å². The quantitative estimate of drug-likeness (QED) is 0.334. The molecule has 0 aromatic heterocycles. The van der Waals surface area contributed by atoms with Gasteiger partial charge in [-0.1, -0.05) is 53.0 Å². The van der Waals surface area contributed by atoms with Gasteiger partial charge >= 0.3 is 0 Å². The van der Waals surface area contributed by atoms with Gasteiger partial charge in [0.15, 0.2) is 17.2 Å². The zero-order valence-corrected chi connectivity index (χ0v) is 25.2. The van der Waals surface area contributed by atoms with E-state index in [0.29, 0.717) is 18.4 Å². The van der Waals surface area contributed by atoms with Crippen LogP contribution in [0.5, 0.6) is 5.75 Å². The summed E-state index contributed by atoms with van der Waals surface area (Å²) in [6.45, 7) is 8.05. The van der Waals surface area contributed by atoms with Gasteiger partial charge in [0.05, 0.1) is 5.56 Å². The Kier molecular flexibility index (Phi) is 7.32. The van der Waals surface area contributed by atoms with Gasteiger partial charge in [-0.05, 0) is 62.1 Å². The molecule has 1 aromatic rings. The summed E-state index contributed by atoms with van der Waals surface area (Å²) in [6, 6.07) is 3.19. The molecule has 4 atom stereocenters. The molecule has 0 heterocycles. The highest BCUT2D eigenvalue weighted by Crippen LogP contribution is 2.65. The molecule has 1 aromatic carbocycles. The number of hydrogen-bond acceptors (Lipinski definition) is 8. The van der Waals surface area contributed by atoms with E-state index in [9.17, 15) is 39.6 Å². The number of rotatable bonds is 6. The van der Waals surface area contributed by atoms with E-state index in [1.165, 1.54) is 6.07 Å².